The fourth-order valence-corrected chi connectivity index (χ4v) is 1.37. The van der Waals surface area contributed by atoms with E-state index in [1.54, 1.807) is 13.2 Å². The molecule has 14 heavy (non-hydrogen) atoms. The van der Waals surface area contributed by atoms with Gasteiger partial charge in [-0.05, 0) is 12.1 Å². The first-order valence-corrected chi connectivity index (χ1v) is 4.19. The first-order valence-electron chi connectivity index (χ1n) is 4.19. The molecular formula is C11H8N2O. The number of benzene rings is 1. The van der Waals surface area contributed by atoms with Crippen molar-refractivity contribution in [3.63, 3.8) is 0 Å². The Morgan fingerprint density at radius 2 is 2.14 bits per heavy atom. The molecule has 1 aromatic carbocycles. The van der Waals surface area contributed by atoms with Crippen LogP contribution in [0.1, 0.15) is 5.69 Å². The molecule has 0 unspecified atom stereocenters. The lowest BCUT2D eigenvalue weighted by Gasteiger charge is -2.04. The van der Waals surface area contributed by atoms with Gasteiger partial charge < -0.3 is 4.74 Å². The van der Waals surface area contributed by atoms with Crippen LogP contribution in [-0.2, 0) is 0 Å². The van der Waals surface area contributed by atoms with Gasteiger partial charge in [0, 0.05) is 11.5 Å². The maximum atomic E-state index is 8.75. The van der Waals surface area contributed by atoms with Crippen molar-refractivity contribution in [2.75, 3.05) is 7.11 Å². The third-order valence-corrected chi connectivity index (χ3v) is 2.01. The molecule has 0 fully saturated rings. The number of methoxy groups -OCH3 is 1. The Bertz CT molecular complexity index is 514. The lowest BCUT2D eigenvalue weighted by molar-refractivity contribution is 0.419. The molecule has 0 atom stereocenters. The number of nitrogens with zero attached hydrogens (tertiary/aromatic N) is 2. The molecule has 2 rings (SSSR count). The molecule has 1 aromatic heterocycles. The molecule has 0 radical (unpaired) electrons. The highest BCUT2D eigenvalue weighted by molar-refractivity contribution is 5.85. The number of hydrogen-bond donors (Lipinski definition) is 0. The van der Waals surface area contributed by atoms with Crippen molar-refractivity contribution >= 4 is 10.9 Å². The highest BCUT2D eigenvalue weighted by Crippen LogP contribution is 2.24. The number of aromatic nitrogens is 1. The minimum absolute atomic E-state index is 0.376. The standard InChI is InChI=1S/C11H8N2O/c1-14-11-6-8(7-12)13-10-5-3-2-4-9(10)11/h2-6H,1H3. The first-order chi connectivity index (χ1) is 6.85. The van der Waals surface area contributed by atoms with Crippen molar-refractivity contribution in [3.8, 4) is 11.8 Å². The maximum absolute atomic E-state index is 8.75. The van der Waals surface area contributed by atoms with Gasteiger partial charge in [0.2, 0.25) is 0 Å². The lowest BCUT2D eigenvalue weighted by atomic mass is 10.2. The lowest BCUT2D eigenvalue weighted by Crippen LogP contribution is -1.90. The third-order valence-electron chi connectivity index (χ3n) is 2.01. The van der Waals surface area contributed by atoms with E-state index in [0.29, 0.717) is 11.4 Å². The van der Waals surface area contributed by atoms with Crippen LogP contribution < -0.4 is 4.74 Å². The molecule has 1 heterocycles. The number of para-hydroxylation sites is 1. The minimum Gasteiger partial charge on any atom is -0.496 e. The van der Waals surface area contributed by atoms with Gasteiger partial charge in [-0.2, -0.15) is 5.26 Å². The zero-order valence-corrected chi connectivity index (χ0v) is 7.69. The molecule has 2 aromatic rings. The Morgan fingerprint density at radius 3 is 2.86 bits per heavy atom. The zero-order valence-electron chi connectivity index (χ0n) is 7.69. The Balaban J connectivity index is 2.81. The molecule has 3 heteroatoms. The second-order valence-corrected chi connectivity index (χ2v) is 2.84. The predicted molar refractivity (Wildman–Crippen MR) is 53.0 cm³/mol. The summed E-state index contributed by atoms with van der Waals surface area (Å²) in [5, 5.41) is 9.67. The van der Waals surface area contributed by atoms with Crippen molar-refractivity contribution < 1.29 is 4.74 Å². The van der Waals surface area contributed by atoms with Crippen LogP contribution in [0.15, 0.2) is 30.3 Å². The Kier molecular flexibility index (Phi) is 2.04. The van der Waals surface area contributed by atoms with Crippen LogP contribution in [-0.4, -0.2) is 12.1 Å². The van der Waals surface area contributed by atoms with Gasteiger partial charge in [0.05, 0.1) is 12.6 Å². The smallest absolute Gasteiger partial charge is 0.144 e. The second kappa shape index (κ2) is 3.35. The van der Waals surface area contributed by atoms with Crippen LogP contribution >= 0.6 is 0 Å². The number of fused-ring (bicyclic) bond motifs is 1. The topological polar surface area (TPSA) is 45.9 Å². The quantitative estimate of drug-likeness (QED) is 0.681. The average Bonchev–Trinajstić information content (AvgIpc) is 2.27. The van der Waals surface area contributed by atoms with E-state index in [-0.39, 0.29) is 0 Å². The van der Waals surface area contributed by atoms with Gasteiger partial charge in [-0.3, -0.25) is 0 Å². The van der Waals surface area contributed by atoms with E-state index in [2.05, 4.69) is 4.98 Å². The van der Waals surface area contributed by atoms with Gasteiger partial charge in [0.25, 0.3) is 0 Å². The van der Waals surface area contributed by atoms with E-state index >= 15 is 0 Å². The molecule has 0 aliphatic rings. The Morgan fingerprint density at radius 1 is 1.36 bits per heavy atom. The van der Waals surface area contributed by atoms with Gasteiger partial charge >= 0.3 is 0 Å². The molecule has 0 N–H and O–H groups in total. The summed E-state index contributed by atoms with van der Waals surface area (Å²) in [7, 11) is 1.59. The van der Waals surface area contributed by atoms with Crippen molar-refractivity contribution in [2.24, 2.45) is 0 Å². The summed E-state index contributed by atoms with van der Waals surface area (Å²) >= 11 is 0. The highest BCUT2D eigenvalue weighted by Gasteiger charge is 2.04. The van der Waals surface area contributed by atoms with Crippen molar-refractivity contribution in [3.05, 3.63) is 36.0 Å². The van der Waals surface area contributed by atoms with Crippen LogP contribution in [0.3, 0.4) is 0 Å². The van der Waals surface area contributed by atoms with Crippen molar-refractivity contribution in [1.29, 1.82) is 5.26 Å². The number of pyridine rings is 1. The van der Waals surface area contributed by atoms with Gasteiger partial charge in [0.15, 0.2) is 0 Å². The monoisotopic (exact) mass is 184 g/mol. The SMILES string of the molecule is COc1cc(C#N)nc2ccccc12. The Labute approximate surface area is 81.6 Å². The van der Waals surface area contributed by atoms with Crippen molar-refractivity contribution in [2.45, 2.75) is 0 Å². The second-order valence-electron chi connectivity index (χ2n) is 2.84. The molecule has 0 amide bonds. The zero-order chi connectivity index (χ0) is 9.97. The number of ether oxygens (including phenoxy) is 1. The van der Waals surface area contributed by atoms with E-state index in [4.69, 9.17) is 10.00 Å². The average molecular weight is 184 g/mol. The number of rotatable bonds is 1. The molecule has 0 bridgehead atoms. The molecule has 0 aliphatic heterocycles. The van der Waals surface area contributed by atoms with Crippen LogP contribution in [0.5, 0.6) is 5.75 Å². The first kappa shape index (κ1) is 8.52. The largest absolute Gasteiger partial charge is 0.496 e. The minimum atomic E-state index is 0.376. The number of hydrogen-bond acceptors (Lipinski definition) is 3. The Hall–Kier alpha value is -2.08. The molecule has 0 aliphatic carbocycles. The third kappa shape index (κ3) is 1.27. The van der Waals surface area contributed by atoms with Crippen LogP contribution in [0.2, 0.25) is 0 Å². The maximum Gasteiger partial charge on any atom is 0.144 e. The van der Waals surface area contributed by atoms with Gasteiger partial charge in [0.1, 0.15) is 17.5 Å². The van der Waals surface area contributed by atoms with Crippen LogP contribution in [0, 0.1) is 11.3 Å². The number of nitriles is 1. The van der Waals surface area contributed by atoms with E-state index < -0.39 is 0 Å². The van der Waals surface area contributed by atoms with Crippen LogP contribution in [0.4, 0.5) is 0 Å². The van der Waals surface area contributed by atoms with E-state index in [9.17, 15) is 0 Å². The van der Waals surface area contributed by atoms with Gasteiger partial charge in [-0.1, -0.05) is 12.1 Å². The van der Waals surface area contributed by atoms with Gasteiger partial charge in [-0.25, -0.2) is 4.98 Å². The van der Waals surface area contributed by atoms with E-state index in [1.165, 1.54) is 0 Å². The molecular weight excluding hydrogens is 176 g/mol. The summed E-state index contributed by atoms with van der Waals surface area (Å²) in [4.78, 5) is 4.16. The summed E-state index contributed by atoms with van der Waals surface area (Å²) in [5.74, 6) is 0.687. The molecule has 0 spiro atoms. The summed E-state index contributed by atoms with van der Waals surface area (Å²) in [6, 6.07) is 11.2. The summed E-state index contributed by atoms with van der Waals surface area (Å²) in [6.45, 7) is 0. The van der Waals surface area contributed by atoms with Gasteiger partial charge in [-0.15, -0.1) is 0 Å². The van der Waals surface area contributed by atoms with Crippen LogP contribution in [0.25, 0.3) is 10.9 Å². The summed E-state index contributed by atoms with van der Waals surface area (Å²) in [6.07, 6.45) is 0. The molecule has 0 saturated heterocycles. The van der Waals surface area contributed by atoms with E-state index in [0.717, 1.165) is 10.9 Å². The van der Waals surface area contributed by atoms with E-state index in [1.807, 2.05) is 30.3 Å². The fraction of sp³-hybridized carbons (Fsp3) is 0.0909. The molecule has 3 nitrogen and oxygen atoms in total. The highest BCUT2D eigenvalue weighted by atomic mass is 16.5. The summed E-state index contributed by atoms with van der Waals surface area (Å²) < 4.78 is 5.18. The fourth-order valence-electron chi connectivity index (χ4n) is 1.37. The molecule has 68 valence electrons. The summed E-state index contributed by atoms with van der Waals surface area (Å²) in [5.41, 5.74) is 1.16. The normalized spacial score (nSPS) is 9.71. The molecule has 0 saturated carbocycles. The predicted octanol–water partition coefficient (Wildman–Crippen LogP) is 2.12. The van der Waals surface area contributed by atoms with Crippen molar-refractivity contribution in [1.82, 2.24) is 4.98 Å².